The van der Waals surface area contributed by atoms with Crippen molar-refractivity contribution >= 4 is 26.7 Å². The summed E-state index contributed by atoms with van der Waals surface area (Å²) >= 11 is 0. The van der Waals surface area contributed by atoms with Gasteiger partial charge in [-0.3, -0.25) is 9.59 Å². The van der Waals surface area contributed by atoms with Gasteiger partial charge in [0, 0.05) is 6.04 Å². The summed E-state index contributed by atoms with van der Waals surface area (Å²) < 4.78 is 42.7. The van der Waals surface area contributed by atoms with E-state index in [1.807, 2.05) is 26.0 Å². The van der Waals surface area contributed by atoms with E-state index in [1.165, 1.54) is 4.90 Å². The fraction of sp³-hybridized carbons (Fsp3) is 0.448. The lowest BCUT2D eigenvalue weighted by Gasteiger charge is -2.30. The van der Waals surface area contributed by atoms with Crippen molar-refractivity contribution in [3.8, 4) is 11.5 Å². The topological polar surface area (TPSA) is 103 Å². The number of nitrogens with zero attached hydrogens (tertiary/aromatic N) is 1. The zero-order valence-corrected chi connectivity index (χ0v) is 22.8. The first-order valence-electron chi connectivity index (χ1n) is 13.2. The maximum Gasteiger partial charge on any atom is 0.291 e. The Labute approximate surface area is 222 Å². The molecule has 9 heteroatoms. The number of benzene rings is 2. The van der Waals surface area contributed by atoms with Gasteiger partial charge in [-0.2, -0.15) is 0 Å². The molecule has 1 aromatic heterocycles. The fourth-order valence-corrected chi connectivity index (χ4v) is 7.13. The van der Waals surface area contributed by atoms with Crippen LogP contribution in [0.4, 0.5) is 0 Å². The van der Waals surface area contributed by atoms with Crippen molar-refractivity contribution in [2.24, 2.45) is 0 Å². The number of carbonyl (C=O) groups is 1. The number of unbranched alkanes of at least 4 members (excludes halogenated alkanes) is 2. The molecule has 3 aromatic rings. The monoisotopic (exact) mass is 539 g/mol. The summed E-state index contributed by atoms with van der Waals surface area (Å²) in [5, 5.41) is 0.392. The third-order valence-corrected chi connectivity index (χ3v) is 9.00. The van der Waals surface area contributed by atoms with Crippen LogP contribution < -0.4 is 14.9 Å². The second-order valence-electron chi connectivity index (χ2n) is 10.0. The highest BCUT2D eigenvalue weighted by Crippen LogP contribution is 2.43. The number of carbonyl (C=O) groups excluding carboxylic acids is 1. The Bertz CT molecular complexity index is 1540. The first-order chi connectivity index (χ1) is 18.2. The van der Waals surface area contributed by atoms with Crippen molar-refractivity contribution < 1.29 is 27.1 Å². The molecule has 202 valence electrons. The Morgan fingerprint density at radius 1 is 1.03 bits per heavy atom. The number of sulfone groups is 1. The fourth-order valence-electron chi connectivity index (χ4n) is 5.42. The molecule has 3 heterocycles. The molecule has 0 saturated carbocycles. The number of aryl methyl sites for hydroxylation is 1. The van der Waals surface area contributed by atoms with Crippen molar-refractivity contribution in [2.75, 3.05) is 24.7 Å². The molecule has 2 aromatic carbocycles. The van der Waals surface area contributed by atoms with E-state index in [0.29, 0.717) is 47.7 Å². The zero-order valence-electron chi connectivity index (χ0n) is 22.0. The van der Waals surface area contributed by atoms with Crippen molar-refractivity contribution in [1.29, 1.82) is 0 Å². The predicted octanol–water partition coefficient (Wildman–Crippen LogP) is 4.80. The van der Waals surface area contributed by atoms with Gasteiger partial charge in [-0.25, -0.2) is 8.42 Å². The average molecular weight is 540 g/mol. The van der Waals surface area contributed by atoms with E-state index in [2.05, 4.69) is 6.92 Å². The molecule has 5 rings (SSSR count). The van der Waals surface area contributed by atoms with Crippen LogP contribution >= 0.6 is 0 Å². The van der Waals surface area contributed by atoms with Crippen LogP contribution in [-0.2, 0) is 9.84 Å². The Kier molecular flexibility index (Phi) is 7.22. The first kappa shape index (κ1) is 26.3. The molecule has 0 aliphatic carbocycles. The van der Waals surface area contributed by atoms with Gasteiger partial charge in [-0.15, -0.1) is 0 Å². The standard InChI is InChI=1S/C29H33NO7S/c1-4-6-7-13-36-23-11-9-19(16-24(23)35-5-2)26-25-27(31)21-15-18(3)8-10-22(21)37-28(25)29(32)30(26)20-12-14-38(33,34)17-20/h8-11,15-16,20,26H,4-7,12-14,17H2,1-3H3. The Hall–Kier alpha value is -3.33. The highest BCUT2D eigenvalue weighted by atomic mass is 32.2. The van der Waals surface area contributed by atoms with Gasteiger partial charge in [-0.05, 0) is 56.5 Å². The minimum Gasteiger partial charge on any atom is -0.490 e. The third kappa shape index (κ3) is 4.79. The molecule has 1 fully saturated rings. The van der Waals surface area contributed by atoms with Crippen molar-refractivity contribution in [1.82, 2.24) is 4.90 Å². The molecule has 8 nitrogen and oxygen atoms in total. The van der Waals surface area contributed by atoms with E-state index in [0.717, 1.165) is 24.8 Å². The SMILES string of the molecule is CCCCCOc1ccc(C2c3c(oc4ccc(C)cc4c3=O)C(=O)N2C2CCS(=O)(=O)C2)cc1OCC. The molecule has 2 aliphatic heterocycles. The van der Waals surface area contributed by atoms with Gasteiger partial charge in [0.05, 0.1) is 41.7 Å². The summed E-state index contributed by atoms with van der Waals surface area (Å²) in [6.45, 7) is 6.85. The Morgan fingerprint density at radius 2 is 1.84 bits per heavy atom. The predicted molar refractivity (Wildman–Crippen MR) is 145 cm³/mol. The summed E-state index contributed by atoms with van der Waals surface area (Å²) in [5.74, 6) is 0.465. The van der Waals surface area contributed by atoms with Gasteiger partial charge < -0.3 is 18.8 Å². The second kappa shape index (κ2) is 10.4. The van der Waals surface area contributed by atoms with Gasteiger partial charge in [0.25, 0.3) is 5.91 Å². The molecular formula is C29H33NO7S. The van der Waals surface area contributed by atoms with E-state index >= 15 is 0 Å². The van der Waals surface area contributed by atoms with Crippen LogP contribution in [0.2, 0.25) is 0 Å². The summed E-state index contributed by atoms with van der Waals surface area (Å²) in [7, 11) is -3.29. The molecule has 2 aliphatic rings. The van der Waals surface area contributed by atoms with E-state index in [1.54, 1.807) is 24.3 Å². The van der Waals surface area contributed by atoms with Crippen LogP contribution in [-0.4, -0.2) is 50.0 Å². The number of rotatable bonds is 9. The van der Waals surface area contributed by atoms with Crippen LogP contribution in [0, 0.1) is 6.92 Å². The molecule has 38 heavy (non-hydrogen) atoms. The van der Waals surface area contributed by atoms with Crippen molar-refractivity contribution in [3.05, 3.63) is 69.1 Å². The van der Waals surface area contributed by atoms with Crippen LogP contribution in [0.3, 0.4) is 0 Å². The molecule has 2 atom stereocenters. The van der Waals surface area contributed by atoms with Gasteiger partial charge in [0.2, 0.25) is 5.76 Å². The van der Waals surface area contributed by atoms with E-state index < -0.39 is 27.8 Å². The van der Waals surface area contributed by atoms with Gasteiger partial charge in [-0.1, -0.05) is 37.5 Å². The number of hydrogen-bond acceptors (Lipinski definition) is 7. The van der Waals surface area contributed by atoms with Crippen LogP contribution in [0.5, 0.6) is 11.5 Å². The third-order valence-electron chi connectivity index (χ3n) is 7.25. The molecule has 1 amide bonds. The Morgan fingerprint density at radius 3 is 2.55 bits per heavy atom. The normalized spacial score (nSPS) is 20.2. The minimum atomic E-state index is -3.29. The number of ether oxygens (including phenoxy) is 2. The van der Waals surface area contributed by atoms with E-state index in [-0.39, 0.29) is 28.3 Å². The molecular weight excluding hydrogens is 506 g/mol. The quantitative estimate of drug-likeness (QED) is 0.360. The number of amides is 1. The smallest absolute Gasteiger partial charge is 0.291 e. The average Bonchev–Trinajstić information content (AvgIpc) is 3.39. The number of hydrogen-bond donors (Lipinski definition) is 0. The molecule has 0 N–H and O–H groups in total. The highest BCUT2D eigenvalue weighted by Gasteiger charge is 2.48. The van der Waals surface area contributed by atoms with Crippen LogP contribution in [0.1, 0.15) is 72.8 Å². The summed E-state index contributed by atoms with van der Waals surface area (Å²) in [6.07, 6.45) is 3.37. The van der Waals surface area contributed by atoms with Gasteiger partial charge in [0.15, 0.2) is 26.8 Å². The Balaban J connectivity index is 1.65. The maximum absolute atomic E-state index is 13.9. The highest BCUT2D eigenvalue weighted by molar-refractivity contribution is 7.91. The summed E-state index contributed by atoms with van der Waals surface area (Å²) in [4.78, 5) is 29.1. The lowest BCUT2D eigenvalue weighted by atomic mass is 9.97. The van der Waals surface area contributed by atoms with Gasteiger partial charge >= 0.3 is 0 Å². The summed E-state index contributed by atoms with van der Waals surface area (Å²) in [6, 6.07) is 9.31. The van der Waals surface area contributed by atoms with Crippen LogP contribution in [0.15, 0.2) is 45.6 Å². The van der Waals surface area contributed by atoms with E-state index in [9.17, 15) is 18.0 Å². The minimum absolute atomic E-state index is 0.00178. The zero-order chi connectivity index (χ0) is 27.0. The van der Waals surface area contributed by atoms with Crippen LogP contribution in [0.25, 0.3) is 11.0 Å². The largest absolute Gasteiger partial charge is 0.490 e. The molecule has 1 saturated heterocycles. The van der Waals surface area contributed by atoms with Crippen molar-refractivity contribution in [2.45, 2.75) is 58.5 Å². The molecule has 0 radical (unpaired) electrons. The van der Waals surface area contributed by atoms with Crippen molar-refractivity contribution in [3.63, 3.8) is 0 Å². The molecule has 2 unspecified atom stereocenters. The lowest BCUT2D eigenvalue weighted by molar-refractivity contribution is 0.0662. The first-order valence-corrected chi connectivity index (χ1v) is 15.1. The van der Waals surface area contributed by atoms with Gasteiger partial charge in [0.1, 0.15) is 5.58 Å². The second-order valence-corrected chi connectivity index (χ2v) is 12.3. The maximum atomic E-state index is 13.9. The summed E-state index contributed by atoms with van der Waals surface area (Å²) in [5.41, 5.74) is 1.82. The molecule has 0 spiro atoms. The van der Waals surface area contributed by atoms with E-state index in [4.69, 9.17) is 13.9 Å². The lowest BCUT2D eigenvalue weighted by Crippen LogP contribution is -2.40. The molecule has 0 bridgehead atoms. The number of fused-ring (bicyclic) bond motifs is 2.